The summed E-state index contributed by atoms with van der Waals surface area (Å²) in [7, 11) is 0. The Labute approximate surface area is 216 Å². The summed E-state index contributed by atoms with van der Waals surface area (Å²) in [4.78, 5) is 33.7. The Morgan fingerprint density at radius 2 is 1.92 bits per heavy atom. The Kier molecular flexibility index (Phi) is 7.46. The number of halogens is 2. The fourth-order valence-corrected chi connectivity index (χ4v) is 3.43. The van der Waals surface area contributed by atoms with Crippen LogP contribution in [0.1, 0.15) is 41.6 Å². The highest BCUT2D eigenvalue weighted by Gasteiger charge is 2.19. The predicted molar refractivity (Wildman–Crippen MR) is 136 cm³/mol. The molecule has 38 heavy (non-hydrogen) atoms. The molecule has 1 amide bonds. The van der Waals surface area contributed by atoms with Crippen molar-refractivity contribution in [3.8, 4) is 17.2 Å². The van der Waals surface area contributed by atoms with Crippen molar-refractivity contribution in [3.05, 3.63) is 89.4 Å². The first-order valence-electron chi connectivity index (χ1n) is 11.4. The first-order chi connectivity index (χ1) is 18.1. The molecule has 0 saturated carbocycles. The summed E-state index contributed by atoms with van der Waals surface area (Å²) in [5.74, 6) is -1.07. The van der Waals surface area contributed by atoms with Gasteiger partial charge in [0.25, 0.3) is 5.91 Å². The third kappa shape index (κ3) is 6.19. The van der Waals surface area contributed by atoms with Crippen molar-refractivity contribution >= 4 is 17.6 Å². The van der Waals surface area contributed by atoms with Gasteiger partial charge in [0.1, 0.15) is 5.84 Å². The van der Waals surface area contributed by atoms with Gasteiger partial charge in [0.2, 0.25) is 0 Å². The van der Waals surface area contributed by atoms with Crippen LogP contribution in [0.25, 0.3) is 17.2 Å². The summed E-state index contributed by atoms with van der Waals surface area (Å²) in [5, 5.41) is 6.54. The Balaban J connectivity index is 1.50. The number of aromatic nitrogens is 6. The molecular formula is C25H24F2N10O. The third-order valence-corrected chi connectivity index (χ3v) is 5.18. The fourth-order valence-electron chi connectivity index (χ4n) is 3.43. The zero-order chi connectivity index (χ0) is 27.4. The zero-order valence-corrected chi connectivity index (χ0v) is 20.7. The minimum atomic E-state index is -0.849. The molecule has 0 saturated heterocycles. The number of allylic oxidation sites excluding steroid dienone is 1. The van der Waals surface area contributed by atoms with E-state index in [1.54, 1.807) is 39.0 Å². The van der Waals surface area contributed by atoms with Gasteiger partial charge in [0, 0.05) is 35.4 Å². The highest BCUT2D eigenvalue weighted by molar-refractivity contribution is 5.94. The summed E-state index contributed by atoms with van der Waals surface area (Å²) in [6.07, 6.45) is 6.56. The predicted octanol–water partition coefficient (Wildman–Crippen LogP) is 3.05. The molecular weight excluding hydrogens is 494 g/mol. The number of nitrogens with two attached hydrogens (primary N) is 2. The van der Waals surface area contributed by atoms with E-state index in [0.29, 0.717) is 22.8 Å². The number of rotatable bonds is 7. The Bertz CT molecular complexity index is 1540. The van der Waals surface area contributed by atoms with Crippen LogP contribution in [0.4, 0.5) is 14.6 Å². The lowest BCUT2D eigenvalue weighted by Crippen LogP contribution is -2.28. The van der Waals surface area contributed by atoms with Gasteiger partial charge >= 0.3 is 0 Å². The number of nitrogens with zero attached hydrogens (tertiary/aromatic N) is 7. The van der Waals surface area contributed by atoms with Gasteiger partial charge < -0.3 is 16.8 Å². The lowest BCUT2D eigenvalue weighted by molar-refractivity contribution is 0.0930. The van der Waals surface area contributed by atoms with Gasteiger partial charge in [-0.15, -0.1) is 0 Å². The second-order valence-corrected chi connectivity index (χ2v) is 8.42. The molecule has 194 valence electrons. The molecule has 4 heterocycles. The number of amidine groups is 1. The summed E-state index contributed by atoms with van der Waals surface area (Å²) in [5.41, 5.74) is 13.0. The molecule has 0 aliphatic rings. The van der Waals surface area contributed by atoms with Crippen LogP contribution in [0.5, 0.6) is 0 Å². The molecule has 0 bridgehead atoms. The van der Waals surface area contributed by atoms with Crippen molar-refractivity contribution in [2.24, 2.45) is 16.5 Å². The standard InChI is InChI=1S/C25H24F2N10O/c1-13(28)6-20(29)35-21-7-14(2)33-24(36-21)17-8-19(27)23(31-10-17)25(38)34-15(3)16-4-5-22(30-9-16)37-12-18(26)11-32-37/h4-12,15H,28H2,1-3H3,(H,34,38)(H2,29,33,35,36)/b13-6-. The van der Waals surface area contributed by atoms with E-state index >= 15 is 0 Å². The lowest BCUT2D eigenvalue weighted by Gasteiger charge is -2.14. The highest BCUT2D eigenvalue weighted by atomic mass is 19.1. The smallest absolute Gasteiger partial charge is 0.273 e. The van der Waals surface area contributed by atoms with Crippen molar-refractivity contribution in [3.63, 3.8) is 0 Å². The molecule has 0 spiro atoms. The number of amides is 1. The minimum Gasteiger partial charge on any atom is -0.402 e. The third-order valence-electron chi connectivity index (χ3n) is 5.18. The number of hydrogen-bond donors (Lipinski definition) is 3. The molecule has 11 nitrogen and oxygen atoms in total. The SMILES string of the molecule is C/C(N)=C/C(N)=Nc1cc(C)nc(-c2cnc(C(=O)NC(C)c3ccc(-n4cc(F)cn4)nc3)c(F)c2)n1. The van der Waals surface area contributed by atoms with E-state index in [4.69, 9.17) is 11.5 Å². The Morgan fingerprint density at radius 1 is 1.13 bits per heavy atom. The summed E-state index contributed by atoms with van der Waals surface area (Å²) in [6.45, 7) is 5.11. The van der Waals surface area contributed by atoms with Crippen molar-refractivity contribution in [1.82, 2.24) is 35.0 Å². The highest BCUT2D eigenvalue weighted by Crippen LogP contribution is 2.21. The fraction of sp³-hybridized carbons (Fsp3) is 0.160. The molecule has 4 aromatic rings. The maximum Gasteiger partial charge on any atom is 0.273 e. The molecule has 1 unspecified atom stereocenters. The van der Waals surface area contributed by atoms with Gasteiger partial charge in [-0.05, 0) is 44.5 Å². The van der Waals surface area contributed by atoms with E-state index in [1.165, 1.54) is 29.3 Å². The van der Waals surface area contributed by atoms with Crippen molar-refractivity contribution in [1.29, 1.82) is 0 Å². The monoisotopic (exact) mass is 518 g/mol. The van der Waals surface area contributed by atoms with Crippen molar-refractivity contribution in [2.75, 3.05) is 0 Å². The van der Waals surface area contributed by atoms with Crippen LogP contribution in [-0.4, -0.2) is 41.5 Å². The largest absolute Gasteiger partial charge is 0.402 e. The number of carbonyl (C=O) groups excluding carboxylic acids is 1. The van der Waals surface area contributed by atoms with Crippen molar-refractivity contribution in [2.45, 2.75) is 26.8 Å². The van der Waals surface area contributed by atoms with Gasteiger partial charge in [-0.3, -0.25) is 4.79 Å². The number of hydrogen-bond acceptors (Lipinski definition) is 8. The van der Waals surface area contributed by atoms with Crippen LogP contribution in [0.15, 0.2) is 65.8 Å². The molecule has 1 atom stereocenters. The van der Waals surface area contributed by atoms with Crippen molar-refractivity contribution < 1.29 is 13.6 Å². The molecule has 13 heteroatoms. The Hall–Kier alpha value is -5.07. The number of nitrogens with one attached hydrogen (secondary N) is 1. The van der Waals surface area contributed by atoms with E-state index in [9.17, 15) is 13.6 Å². The summed E-state index contributed by atoms with van der Waals surface area (Å²) < 4.78 is 29.4. The molecule has 5 N–H and O–H groups in total. The van der Waals surface area contributed by atoms with Gasteiger partial charge in [-0.25, -0.2) is 38.4 Å². The number of carbonyl (C=O) groups is 1. The first kappa shape index (κ1) is 26.0. The van der Waals surface area contributed by atoms with Gasteiger partial charge in [-0.2, -0.15) is 5.10 Å². The first-order valence-corrected chi connectivity index (χ1v) is 11.4. The zero-order valence-electron chi connectivity index (χ0n) is 20.7. The molecule has 0 radical (unpaired) electrons. The number of aryl methyl sites for hydroxylation is 1. The maximum atomic E-state index is 14.9. The normalized spacial score (nSPS) is 12.9. The van der Waals surface area contributed by atoms with E-state index in [1.807, 2.05) is 0 Å². The lowest BCUT2D eigenvalue weighted by atomic mass is 10.1. The molecule has 0 fully saturated rings. The quantitative estimate of drug-likeness (QED) is 0.248. The Morgan fingerprint density at radius 3 is 2.55 bits per heavy atom. The topological polar surface area (TPSA) is 163 Å². The van der Waals surface area contributed by atoms with E-state index in [-0.39, 0.29) is 23.0 Å². The second kappa shape index (κ2) is 10.9. The maximum absolute atomic E-state index is 14.9. The molecule has 0 aliphatic heterocycles. The van der Waals surface area contributed by atoms with Crippen LogP contribution >= 0.6 is 0 Å². The summed E-state index contributed by atoms with van der Waals surface area (Å²) >= 11 is 0. The molecule has 0 aromatic carbocycles. The van der Waals surface area contributed by atoms with E-state index in [2.05, 4.69) is 35.3 Å². The number of aliphatic imine (C=N–C) groups is 1. The van der Waals surface area contributed by atoms with Gasteiger partial charge in [0.05, 0.1) is 18.4 Å². The van der Waals surface area contributed by atoms with Crippen LogP contribution in [0.2, 0.25) is 0 Å². The summed E-state index contributed by atoms with van der Waals surface area (Å²) in [6, 6.07) is 5.54. The average molecular weight is 519 g/mol. The van der Waals surface area contributed by atoms with Crippen LogP contribution < -0.4 is 16.8 Å². The van der Waals surface area contributed by atoms with Crippen LogP contribution in [0, 0.1) is 18.6 Å². The average Bonchev–Trinajstić information content (AvgIpc) is 3.29. The van der Waals surface area contributed by atoms with Crippen LogP contribution in [-0.2, 0) is 0 Å². The molecule has 4 aromatic heterocycles. The van der Waals surface area contributed by atoms with Gasteiger partial charge in [-0.1, -0.05) is 6.07 Å². The van der Waals surface area contributed by atoms with Gasteiger partial charge in [0.15, 0.2) is 34.8 Å². The van der Waals surface area contributed by atoms with Crippen LogP contribution in [0.3, 0.4) is 0 Å². The molecule has 4 rings (SSSR count). The minimum absolute atomic E-state index is 0.152. The second-order valence-electron chi connectivity index (χ2n) is 8.42. The number of pyridine rings is 2. The van der Waals surface area contributed by atoms with E-state index in [0.717, 1.165) is 12.3 Å². The molecule has 0 aliphatic carbocycles. The van der Waals surface area contributed by atoms with E-state index < -0.39 is 29.3 Å².